The molecule has 0 saturated carbocycles. The van der Waals surface area contributed by atoms with E-state index in [1.807, 2.05) is 24.4 Å². The van der Waals surface area contributed by atoms with Crippen molar-refractivity contribution in [1.29, 1.82) is 0 Å². The minimum atomic E-state index is 0.607. The lowest BCUT2D eigenvalue weighted by Gasteiger charge is -2.14. The van der Waals surface area contributed by atoms with E-state index in [4.69, 9.17) is 14.2 Å². The quantitative estimate of drug-likeness (QED) is 0.672. The first-order chi connectivity index (χ1) is 11.2. The Labute approximate surface area is 138 Å². The zero-order valence-electron chi connectivity index (χ0n) is 14.4. The molecule has 23 heavy (non-hydrogen) atoms. The van der Waals surface area contributed by atoms with Crippen molar-refractivity contribution in [2.75, 3.05) is 21.3 Å². The predicted molar refractivity (Wildman–Crippen MR) is 92.6 cm³/mol. The van der Waals surface area contributed by atoms with Crippen molar-refractivity contribution in [3.05, 3.63) is 36.2 Å². The number of methoxy groups -OCH3 is 3. The Bertz CT molecular complexity index is 615. The van der Waals surface area contributed by atoms with Crippen LogP contribution in [0, 0.1) is 0 Å². The molecule has 2 rings (SSSR count). The Balaban J connectivity index is 2.36. The van der Waals surface area contributed by atoms with Gasteiger partial charge in [-0.3, -0.25) is 4.98 Å². The van der Waals surface area contributed by atoms with Gasteiger partial charge in [-0.15, -0.1) is 0 Å². The summed E-state index contributed by atoms with van der Waals surface area (Å²) >= 11 is 0. The molecule has 0 fully saturated rings. The molecule has 124 valence electrons. The largest absolute Gasteiger partial charge is 0.493 e. The number of benzene rings is 1. The zero-order chi connectivity index (χ0) is 16.7. The molecule has 0 aliphatic rings. The van der Waals surface area contributed by atoms with Crippen molar-refractivity contribution >= 4 is 0 Å². The van der Waals surface area contributed by atoms with E-state index in [0.29, 0.717) is 17.2 Å². The number of aryl methyl sites for hydroxylation is 1. The van der Waals surface area contributed by atoms with Crippen molar-refractivity contribution in [2.45, 2.75) is 32.6 Å². The highest BCUT2D eigenvalue weighted by atomic mass is 16.5. The lowest BCUT2D eigenvalue weighted by molar-refractivity contribution is 0.324. The van der Waals surface area contributed by atoms with Gasteiger partial charge in [0.05, 0.1) is 21.3 Å². The number of rotatable bonds is 8. The van der Waals surface area contributed by atoms with Crippen LogP contribution in [0.1, 0.15) is 31.9 Å². The average Bonchev–Trinajstić information content (AvgIpc) is 2.60. The van der Waals surface area contributed by atoms with Gasteiger partial charge in [0.2, 0.25) is 5.75 Å². The summed E-state index contributed by atoms with van der Waals surface area (Å²) in [6, 6.07) is 8.07. The molecule has 4 nitrogen and oxygen atoms in total. The monoisotopic (exact) mass is 315 g/mol. The summed E-state index contributed by atoms with van der Waals surface area (Å²) in [5, 5.41) is 0. The molecule has 0 spiro atoms. The molecule has 4 heteroatoms. The highest BCUT2D eigenvalue weighted by Crippen LogP contribution is 2.41. The maximum Gasteiger partial charge on any atom is 0.203 e. The molecule has 1 aromatic heterocycles. The molecule has 0 aliphatic carbocycles. The van der Waals surface area contributed by atoms with E-state index in [9.17, 15) is 0 Å². The van der Waals surface area contributed by atoms with E-state index in [0.717, 1.165) is 23.2 Å². The summed E-state index contributed by atoms with van der Waals surface area (Å²) < 4.78 is 16.2. The van der Waals surface area contributed by atoms with Crippen LogP contribution in [0.25, 0.3) is 11.1 Å². The molecule has 0 N–H and O–H groups in total. The summed E-state index contributed by atoms with van der Waals surface area (Å²) in [7, 11) is 4.87. The third kappa shape index (κ3) is 4.15. The molecule has 0 aliphatic heterocycles. The molecule has 1 heterocycles. The molecule has 0 radical (unpaired) electrons. The van der Waals surface area contributed by atoms with Crippen molar-refractivity contribution in [2.24, 2.45) is 0 Å². The molecule has 1 aromatic carbocycles. The SMILES string of the molecule is CCCCCc1cc(-c2cc(OC)c(OC)c(OC)c2)ccn1. The highest BCUT2D eigenvalue weighted by Gasteiger charge is 2.14. The number of hydrogen-bond acceptors (Lipinski definition) is 4. The van der Waals surface area contributed by atoms with Crippen LogP contribution in [0.5, 0.6) is 17.2 Å². The molecule has 0 unspecified atom stereocenters. The number of hydrogen-bond donors (Lipinski definition) is 0. The van der Waals surface area contributed by atoms with E-state index in [2.05, 4.69) is 18.0 Å². The van der Waals surface area contributed by atoms with Gasteiger partial charge in [-0.1, -0.05) is 19.8 Å². The second kappa shape index (κ2) is 8.42. The predicted octanol–water partition coefficient (Wildman–Crippen LogP) is 4.51. The first kappa shape index (κ1) is 17.1. The van der Waals surface area contributed by atoms with Gasteiger partial charge in [-0.25, -0.2) is 0 Å². The van der Waals surface area contributed by atoms with Gasteiger partial charge < -0.3 is 14.2 Å². The Kier molecular flexibility index (Phi) is 6.27. The number of pyridine rings is 1. The zero-order valence-corrected chi connectivity index (χ0v) is 14.4. The molecule has 2 aromatic rings. The third-order valence-electron chi connectivity index (χ3n) is 3.85. The molecule has 0 amide bonds. The van der Waals surface area contributed by atoms with Gasteiger partial charge in [-0.2, -0.15) is 0 Å². The van der Waals surface area contributed by atoms with Crippen LogP contribution in [0.4, 0.5) is 0 Å². The van der Waals surface area contributed by atoms with E-state index in [1.54, 1.807) is 21.3 Å². The minimum Gasteiger partial charge on any atom is -0.493 e. The summed E-state index contributed by atoms with van der Waals surface area (Å²) in [4.78, 5) is 4.47. The van der Waals surface area contributed by atoms with Gasteiger partial charge in [-0.05, 0) is 48.2 Å². The minimum absolute atomic E-state index is 0.607. The fourth-order valence-electron chi connectivity index (χ4n) is 2.60. The van der Waals surface area contributed by atoms with Crippen molar-refractivity contribution in [1.82, 2.24) is 4.98 Å². The Morgan fingerprint density at radius 1 is 0.870 bits per heavy atom. The normalized spacial score (nSPS) is 10.4. The van der Waals surface area contributed by atoms with Gasteiger partial charge in [0.15, 0.2) is 11.5 Å². The Morgan fingerprint density at radius 3 is 2.13 bits per heavy atom. The summed E-state index contributed by atoms with van der Waals surface area (Å²) in [5.41, 5.74) is 3.24. The second-order valence-corrected chi connectivity index (χ2v) is 5.41. The third-order valence-corrected chi connectivity index (χ3v) is 3.85. The van der Waals surface area contributed by atoms with E-state index >= 15 is 0 Å². The molecule has 0 bridgehead atoms. The fraction of sp³-hybridized carbons (Fsp3) is 0.421. The van der Waals surface area contributed by atoms with Crippen LogP contribution in [0.15, 0.2) is 30.5 Å². The van der Waals surface area contributed by atoms with Crippen molar-refractivity contribution in [3.63, 3.8) is 0 Å². The molecule has 0 saturated heterocycles. The number of unbranched alkanes of at least 4 members (excludes halogenated alkanes) is 2. The highest BCUT2D eigenvalue weighted by molar-refractivity contribution is 5.71. The van der Waals surface area contributed by atoms with Gasteiger partial charge in [0.25, 0.3) is 0 Å². The van der Waals surface area contributed by atoms with Crippen LogP contribution in [-0.2, 0) is 6.42 Å². The van der Waals surface area contributed by atoms with Gasteiger partial charge >= 0.3 is 0 Å². The van der Waals surface area contributed by atoms with Gasteiger partial charge in [0.1, 0.15) is 0 Å². The van der Waals surface area contributed by atoms with Crippen LogP contribution in [0.3, 0.4) is 0 Å². The topological polar surface area (TPSA) is 40.6 Å². The van der Waals surface area contributed by atoms with E-state index in [-0.39, 0.29) is 0 Å². The van der Waals surface area contributed by atoms with Crippen LogP contribution in [-0.4, -0.2) is 26.3 Å². The van der Waals surface area contributed by atoms with Gasteiger partial charge in [0, 0.05) is 11.9 Å². The molecule has 0 atom stereocenters. The number of nitrogens with zero attached hydrogens (tertiary/aromatic N) is 1. The standard InChI is InChI=1S/C19H25NO3/c1-5-6-7-8-16-11-14(9-10-20-16)15-12-17(21-2)19(23-4)18(13-15)22-3/h9-13H,5-8H2,1-4H3. The van der Waals surface area contributed by atoms with Crippen LogP contribution in [0.2, 0.25) is 0 Å². The first-order valence-corrected chi connectivity index (χ1v) is 7.98. The van der Waals surface area contributed by atoms with Crippen LogP contribution >= 0.6 is 0 Å². The Morgan fingerprint density at radius 2 is 1.57 bits per heavy atom. The summed E-state index contributed by atoms with van der Waals surface area (Å²) in [6.45, 7) is 2.21. The first-order valence-electron chi connectivity index (χ1n) is 7.98. The van der Waals surface area contributed by atoms with E-state index < -0.39 is 0 Å². The lowest BCUT2D eigenvalue weighted by Crippen LogP contribution is -1.96. The number of aromatic nitrogens is 1. The van der Waals surface area contributed by atoms with E-state index in [1.165, 1.54) is 19.3 Å². The fourth-order valence-corrected chi connectivity index (χ4v) is 2.60. The molecular formula is C19H25NO3. The average molecular weight is 315 g/mol. The maximum atomic E-state index is 5.43. The maximum absolute atomic E-state index is 5.43. The number of ether oxygens (including phenoxy) is 3. The Hall–Kier alpha value is -2.23. The second-order valence-electron chi connectivity index (χ2n) is 5.41. The lowest BCUT2D eigenvalue weighted by atomic mass is 10.0. The van der Waals surface area contributed by atoms with Crippen molar-refractivity contribution in [3.8, 4) is 28.4 Å². The summed E-state index contributed by atoms with van der Waals surface area (Å²) in [5.74, 6) is 1.92. The van der Waals surface area contributed by atoms with Crippen molar-refractivity contribution < 1.29 is 14.2 Å². The smallest absolute Gasteiger partial charge is 0.203 e. The molecular weight excluding hydrogens is 290 g/mol. The summed E-state index contributed by atoms with van der Waals surface area (Å²) in [6.07, 6.45) is 6.48. The van der Waals surface area contributed by atoms with Crippen LogP contribution < -0.4 is 14.2 Å².